The molecule has 0 atom stereocenters. The van der Waals surface area contributed by atoms with Gasteiger partial charge in [-0.25, -0.2) is 9.59 Å². The summed E-state index contributed by atoms with van der Waals surface area (Å²) in [6, 6.07) is 7.85. The molecule has 0 bridgehead atoms. The van der Waals surface area contributed by atoms with Crippen LogP contribution in [0.5, 0.6) is 0 Å². The van der Waals surface area contributed by atoms with E-state index in [9.17, 15) is 9.59 Å². The average Bonchev–Trinajstić information content (AvgIpc) is 3.33. The minimum atomic E-state index is -0.654. The first-order chi connectivity index (χ1) is 14.4. The zero-order valence-electron chi connectivity index (χ0n) is 18.3. The molecule has 6 nitrogen and oxygen atoms in total. The Hall–Kier alpha value is -2.36. The molecule has 0 saturated heterocycles. The maximum atomic E-state index is 12.6. The van der Waals surface area contributed by atoms with Crippen LogP contribution in [0, 0.1) is 0 Å². The van der Waals surface area contributed by atoms with Crippen molar-refractivity contribution in [2.24, 2.45) is 0 Å². The van der Waals surface area contributed by atoms with Gasteiger partial charge < -0.3 is 9.47 Å². The fourth-order valence-corrected chi connectivity index (χ4v) is 5.57. The maximum Gasteiger partial charge on any atom is 0.412 e. The van der Waals surface area contributed by atoms with Crippen molar-refractivity contribution >= 4 is 57.6 Å². The third kappa shape index (κ3) is 6.32. The van der Waals surface area contributed by atoms with Gasteiger partial charge in [-0.1, -0.05) is 12.1 Å². The van der Waals surface area contributed by atoms with Crippen molar-refractivity contribution < 1.29 is 19.1 Å². The van der Waals surface area contributed by atoms with Gasteiger partial charge >= 0.3 is 12.2 Å². The molecule has 0 spiro atoms. The van der Waals surface area contributed by atoms with Gasteiger partial charge in [0.2, 0.25) is 0 Å². The second-order valence-corrected chi connectivity index (χ2v) is 11.6. The van der Waals surface area contributed by atoms with Crippen LogP contribution in [0.1, 0.15) is 41.5 Å². The summed E-state index contributed by atoms with van der Waals surface area (Å²) in [4.78, 5) is 28.9. The van der Waals surface area contributed by atoms with Crippen LogP contribution in [0.15, 0.2) is 35.0 Å². The Morgan fingerprint density at radius 2 is 1.13 bits per heavy atom. The van der Waals surface area contributed by atoms with Gasteiger partial charge in [0.25, 0.3) is 0 Å². The maximum absolute atomic E-state index is 12.6. The Bertz CT molecular complexity index is 957. The number of carbonyl (C=O) groups is 2. The average molecular weight is 479 g/mol. The molecule has 0 aromatic carbocycles. The van der Waals surface area contributed by atoms with E-state index in [0.29, 0.717) is 11.4 Å². The molecule has 0 aliphatic rings. The molecular weight excluding hydrogens is 452 g/mol. The molecule has 31 heavy (non-hydrogen) atoms. The van der Waals surface area contributed by atoms with E-state index in [1.54, 1.807) is 64.2 Å². The Labute approximate surface area is 194 Å². The number of thiophene rings is 3. The molecule has 2 N–H and O–H groups in total. The highest BCUT2D eigenvalue weighted by atomic mass is 32.1. The van der Waals surface area contributed by atoms with Crippen molar-refractivity contribution in [1.29, 1.82) is 0 Å². The van der Waals surface area contributed by atoms with Crippen LogP contribution >= 0.6 is 34.0 Å². The highest BCUT2D eigenvalue weighted by Gasteiger charge is 2.28. The van der Waals surface area contributed by atoms with Crippen molar-refractivity contribution in [3.63, 3.8) is 0 Å². The Morgan fingerprint density at radius 3 is 1.42 bits per heavy atom. The monoisotopic (exact) mass is 478 g/mol. The van der Waals surface area contributed by atoms with Crippen LogP contribution in [0.25, 0.3) is 19.5 Å². The van der Waals surface area contributed by atoms with Gasteiger partial charge in [0.1, 0.15) is 11.2 Å². The van der Waals surface area contributed by atoms with Crippen molar-refractivity contribution in [2.45, 2.75) is 52.7 Å². The normalized spacial score (nSPS) is 11.8. The topological polar surface area (TPSA) is 76.7 Å². The van der Waals surface area contributed by atoms with Gasteiger partial charge in [-0.05, 0) is 64.4 Å². The van der Waals surface area contributed by atoms with Gasteiger partial charge in [-0.15, -0.1) is 34.0 Å². The molecule has 3 rings (SSSR count). The van der Waals surface area contributed by atoms with E-state index in [-0.39, 0.29) is 0 Å². The Balaban J connectivity index is 2.09. The van der Waals surface area contributed by atoms with Crippen molar-refractivity contribution in [2.75, 3.05) is 10.6 Å². The van der Waals surface area contributed by atoms with E-state index in [1.807, 2.05) is 35.0 Å². The van der Waals surface area contributed by atoms with Crippen LogP contribution in [0.4, 0.5) is 21.0 Å². The van der Waals surface area contributed by atoms with Gasteiger partial charge in [0.05, 0.1) is 21.1 Å². The summed E-state index contributed by atoms with van der Waals surface area (Å²) >= 11 is 4.61. The lowest BCUT2D eigenvalue weighted by Gasteiger charge is -2.22. The van der Waals surface area contributed by atoms with Crippen LogP contribution < -0.4 is 10.6 Å². The number of anilines is 2. The summed E-state index contributed by atoms with van der Waals surface area (Å²) < 4.78 is 10.9. The predicted octanol–water partition coefficient (Wildman–Crippen LogP) is 7.90. The predicted molar refractivity (Wildman–Crippen MR) is 131 cm³/mol. The van der Waals surface area contributed by atoms with Crippen LogP contribution in [-0.4, -0.2) is 23.4 Å². The quantitative estimate of drug-likeness (QED) is 0.399. The lowest BCUT2D eigenvalue weighted by atomic mass is 10.2. The lowest BCUT2D eigenvalue weighted by Crippen LogP contribution is -2.29. The number of carbonyl (C=O) groups excluding carboxylic acids is 2. The lowest BCUT2D eigenvalue weighted by molar-refractivity contribution is 0.0621. The van der Waals surface area contributed by atoms with E-state index in [2.05, 4.69) is 10.6 Å². The molecule has 3 aromatic heterocycles. The molecule has 3 heterocycles. The molecule has 0 aliphatic carbocycles. The number of ether oxygens (including phenoxy) is 2. The van der Waals surface area contributed by atoms with E-state index in [0.717, 1.165) is 19.5 Å². The summed E-state index contributed by atoms with van der Waals surface area (Å²) in [6.45, 7) is 10.8. The summed E-state index contributed by atoms with van der Waals surface area (Å²) in [7, 11) is 0. The fourth-order valence-electron chi connectivity index (χ4n) is 2.64. The second kappa shape index (κ2) is 9.02. The van der Waals surface area contributed by atoms with Gasteiger partial charge in [-0.2, -0.15) is 0 Å². The van der Waals surface area contributed by atoms with E-state index < -0.39 is 23.4 Å². The third-order valence-electron chi connectivity index (χ3n) is 3.65. The summed E-state index contributed by atoms with van der Waals surface area (Å²) in [5.41, 5.74) is -0.316. The smallest absolute Gasteiger partial charge is 0.412 e. The number of hydrogen-bond acceptors (Lipinski definition) is 7. The first kappa shape index (κ1) is 23.3. The number of nitrogens with one attached hydrogen (secondary N) is 2. The van der Waals surface area contributed by atoms with Crippen molar-refractivity contribution in [3.05, 3.63) is 35.0 Å². The molecular formula is C22H26N2O4S3. The molecule has 0 radical (unpaired) electrons. The first-order valence-corrected chi connectivity index (χ1v) is 12.2. The Kier molecular flexibility index (Phi) is 6.78. The minimum Gasteiger partial charge on any atom is -0.444 e. The van der Waals surface area contributed by atoms with Crippen molar-refractivity contribution in [1.82, 2.24) is 0 Å². The third-order valence-corrected chi connectivity index (χ3v) is 6.94. The number of rotatable bonds is 4. The first-order valence-electron chi connectivity index (χ1n) is 9.67. The van der Waals surface area contributed by atoms with Crippen LogP contribution in [0.2, 0.25) is 0 Å². The fraction of sp³-hybridized carbons (Fsp3) is 0.364. The minimum absolute atomic E-state index is 0.496. The Morgan fingerprint density at radius 1 is 0.742 bits per heavy atom. The molecule has 166 valence electrons. The summed E-state index contributed by atoms with van der Waals surface area (Å²) in [6.07, 6.45) is -1.18. The largest absolute Gasteiger partial charge is 0.444 e. The summed E-state index contributed by atoms with van der Waals surface area (Å²) in [5, 5.41) is 9.67. The van der Waals surface area contributed by atoms with Gasteiger partial charge in [0, 0.05) is 9.75 Å². The number of hydrogen-bond donors (Lipinski definition) is 2. The molecule has 2 amide bonds. The van der Waals surface area contributed by atoms with Crippen molar-refractivity contribution in [3.8, 4) is 19.5 Å². The van der Waals surface area contributed by atoms with Crippen LogP contribution in [0.3, 0.4) is 0 Å². The second-order valence-electron chi connectivity index (χ2n) is 8.72. The zero-order valence-corrected chi connectivity index (χ0v) is 20.8. The highest BCUT2D eigenvalue weighted by Crippen LogP contribution is 2.51. The molecule has 9 heteroatoms. The SMILES string of the molecule is CC(C)(C)OC(=O)Nc1c(-c2cccs2)sc(-c2cccs2)c1NC(=O)OC(C)(C)C. The van der Waals surface area contributed by atoms with Gasteiger partial charge in [-0.3, -0.25) is 10.6 Å². The summed E-state index contributed by atoms with van der Waals surface area (Å²) in [5.74, 6) is 0. The van der Waals surface area contributed by atoms with E-state index in [1.165, 1.54) is 11.3 Å². The van der Waals surface area contributed by atoms with E-state index >= 15 is 0 Å². The highest BCUT2D eigenvalue weighted by molar-refractivity contribution is 7.27. The molecule has 0 fully saturated rings. The van der Waals surface area contributed by atoms with Crippen LogP contribution in [-0.2, 0) is 9.47 Å². The zero-order chi connectivity index (χ0) is 22.8. The number of amides is 2. The molecule has 3 aromatic rings. The van der Waals surface area contributed by atoms with E-state index in [4.69, 9.17) is 9.47 Å². The standard InChI is InChI=1S/C22H26N2O4S3/c1-21(2,3)27-19(25)23-15-16(24-20(26)28-22(4,5)6)18(14-10-8-12-30-14)31-17(15)13-9-7-11-29-13/h7-12H,1-6H3,(H,23,25)(H,24,26). The van der Waals surface area contributed by atoms with Gasteiger partial charge in [0.15, 0.2) is 0 Å². The molecule has 0 unspecified atom stereocenters. The molecule has 0 saturated carbocycles. The molecule has 0 aliphatic heterocycles.